The van der Waals surface area contributed by atoms with Crippen molar-refractivity contribution in [1.29, 1.82) is 0 Å². The Balaban J connectivity index is 0.000000872. The minimum absolute atomic E-state index is 0.201. The average molecular weight is 476 g/mol. The fourth-order valence-corrected chi connectivity index (χ4v) is 4.25. The van der Waals surface area contributed by atoms with Gasteiger partial charge in [-0.1, -0.05) is 59.9 Å². The van der Waals surface area contributed by atoms with Crippen LogP contribution in [0.4, 0.5) is 11.4 Å². The van der Waals surface area contributed by atoms with Gasteiger partial charge in [0.25, 0.3) is 6.02 Å². The Labute approximate surface area is 208 Å². The summed E-state index contributed by atoms with van der Waals surface area (Å²) in [5, 5.41) is 3.44. The molecule has 0 aromatic heterocycles. The lowest BCUT2D eigenvalue weighted by molar-refractivity contribution is -0.108. The molecule has 1 N–H and O–H groups in total. The van der Waals surface area contributed by atoms with Crippen molar-refractivity contribution < 1.29 is 14.3 Å². The van der Waals surface area contributed by atoms with E-state index in [1.54, 1.807) is 7.11 Å². The molecule has 0 radical (unpaired) electrons. The number of carbonyl (C=O) groups excluding carboxylic acids is 1. The molecule has 194 valence electrons. The number of nitrogens with one attached hydrogen (secondary N) is 1. The molecule has 1 aliphatic heterocycles. The third kappa shape index (κ3) is 10.0. The number of aliphatic imine (C=N–C) groups is 1. The van der Waals surface area contributed by atoms with Gasteiger partial charge in [-0.2, -0.15) is 0 Å². The second-order valence-electron chi connectivity index (χ2n) is 9.16. The Morgan fingerprint density at radius 2 is 1.88 bits per heavy atom. The maximum atomic E-state index is 11.0. The Kier molecular flexibility index (Phi) is 15.3. The van der Waals surface area contributed by atoms with Gasteiger partial charge < -0.3 is 24.5 Å². The molecule has 1 heterocycles. The highest BCUT2D eigenvalue weighted by atomic mass is 16.5. The van der Waals surface area contributed by atoms with Crippen LogP contribution in [0.5, 0.6) is 0 Å². The third-order valence-corrected chi connectivity index (χ3v) is 6.04. The molecule has 1 aromatic rings. The smallest absolute Gasteiger partial charge is 0.289 e. The molecular formula is C28H49N3O3. The van der Waals surface area contributed by atoms with Crippen LogP contribution in [0, 0.1) is 5.92 Å². The molecule has 1 saturated carbocycles. The second-order valence-corrected chi connectivity index (χ2v) is 9.16. The molecule has 1 fully saturated rings. The van der Waals surface area contributed by atoms with Crippen molar-refractivity contribution in [2.75, 3.05) is 43.6 Å². The number of ether oxygens (including phenoxy) is 2. The summed E-state index contributed by atoms with van der Waals surface area (Å²) >= 11 is 0. The zero-order valence-corrected chi connectivity index (χ0v) is 22.7. The van der Waals surface area contributed by atoms with Crippen LogP contribution in [0.25, 0.3) is 0 Å². The molecular weight excluding hydrogens is 426 g/mol. The fraction of sp³-hybridized carbons (Fsp3) is 0.714. The minimum atomic E-state index is 0.201. The minimum Gasteiger partial charge on any atom is -0.463 e. The van der Waals surface area contributed by atoms with E-state index in [2.05, 4.69) is 58.9 Å². The molecule has 34 heavy (non-hydrogen) atoms. The maximum Gasteiger partial charge on any atom is 0.289 e. The van der Waals surface area contributed by atoms with Crippen molar-refractivity contribution in [3.05, 3.63) is 23.8 Å². The third-order valence-electron chi connectivity index (χ3n) is 6.04. The number of methoxy groups -OCH3 is 1. The quantitative estimate of drug-likeness (QED) is 0.405. The second kappa shape index (κ2) is 17.4. The molecule has 0 bridgehead atoms. The molecule has 6 heteroatoms. The highest BCUT2D eigenvalue weighted by molar-refractivity contribution is 5.94. The van der Waals surface area contributed by atoms with Crippen molar-refractivity contribution in [2.24, 2.45) is 10.9 Å². The lowest BCUT2D eigenvalue weighted by Gasteiger charge is -2.38. The molecule has 1 aliphatic carbocycles. The maximum absolute atomic E-state index is 11.0. The highest BCUT2D eigenvalue weighted by Crippen LogP contribution is 2.36. The topological polar surface area (TPSA) is 63.2 Å². The van der Waals surface area contributed by atoms with Gasteiger partial charge in [0.2, 0.25) is 0 Å². The first-order valence-electron chi connectivity index (χ1n) is 13.3. The standard InChI is InChI=1S/C23H35N3O2.C3H8O.C2H6/c1-17(2)16-26(20-7-5-4-6-8-20)22-10-9-19(18(3)11-13-27)15-21(22)25-23-24-12-14-28-23;1-3-4-2;1-2/h9-10,13,15,17-18,20H,4-8,11-12,14,16H2,1-3H3,(H,24,25);3H2,1-2H3;1-2H3. The van der Waals surface area contributed by atoms with E-state index in [1.165, 1.54) is 43.4 Å². The summed E-state index contributed by atoms with van der Waals surface area (Å²) < 4.78 is 10.2. The Morgan fingerprint density at radius 1 is 1.21 bits per heavy atom. The van der Waals surface area contributed by atoms with Gasteiger partial charge in [0.15, 0.2) is 0 Å². The number of hydrogen-bond acceptors (Lipinski definition) is 6. The summed E-state index contributed by atoms with van der Waals surface area (Å²) in [6, 6.07) is 7.79. The van der Waals surface area contributed by atoms with E-state index >= 15 is 0 Å². The zero-order valence-electron chi connectivity index (χ0n) is 22.7. The number of rotatable bonds is 9. The summed E-state index contributed by atoms with van der Waals surface area (Å²) in [7, 11) is 1.68. The first-order chi connectivity index (χ1) is 16.5. The van der Waals surface area contributed by atoms with Crippen molar-refractivity contribution in [1.82, 2.24) is 0 Å². The van der Waals surface area contributed by atoms with Crippen LogP contribution in [0.15, 0.2) is 23.2 Å². The van der Waals surface area contributed by atoms with Gasteiger partial charge in [-0.3, -0.25) is 0 Å². The first-order valence-corrected chi connectivity index (χ1v) is 13.3. The summed E-state index contributed by atoms with van der Waals surface area (Å²) in [4.78, 5) is 18.0. The zero-order chi connectivity index (χ0) is 25.3. The Hall–Kier alpha value is -2.08. The van der Waals surface area contributed by atoms with Crippen molar-refractivity contribution >= 4 is 23.7 Å². The number of aldehydes is 1. The van der Waals surface area contributed by atoms with Gasteiger partial charge in [0.05, 0.1) is 17.9 Å². The summed E-state index contributed by atoms with van der Waals surface area (Å²) in [6.45, 7) is 15.8. The van der Waals surface area contributed by atoms with Crippen LogP contribution in [-0.2, 0) is 14.3 Å². The van der Waals surface area contributed by atoms with E-state index in [9.17, 15) is 4.79 Å². The van der Waals surface area contributed by atoms with Crippen LogP contribution in [0.3, 0.4) is 0 Å². The van der Waals surface area contributed by atoms with Crippen molar-refractivity contribution in [3.63, 3.8) is 0 Å². The SMILES string of the molecule is CC.CC(C)CN(c1ccc(C(C)CC=O)cc1NC1=NCCO1)C1CCCCC1.CCOC. The summed E-state index contributed by atoms with van der Waals surface area (Å²) in [6.07, 6.45) is 8.03. The van der Waals surface area contributed by atoms with Crippen molar-refractivity contribution in [2.45, 2.75) is 92.0 Å². The van der Waals surface area contributed by atoms with Gasteiger partial charge >= 0.3 is 0 Å². The molecule has 1 unspecified atom stereocenters. The van der Waals surface area contributed by atoms with E-state index in [4.69, 9.17) is 4.74 Å². The van der Waals surface area contributed by atoms with E-state index in [0.29, 0.717) is 37.6 Å². The van der Waals surface area contributed by atoms with E-state index < -0.39 is 0 Å². The van der Waals surface area contributed by atoms with Crippen molar-refractivity contribution in [3.8, 4) is 0 Å². The molecule has 2 aliphatic rings. The summed E-state index contributed by atoms with van der Waals surface area (Å²) in [5.41, 5.74) is 3.44. The fourth-order valence-electron chi connectivity index (χ4n) is 4.25. The number of amidine groups is 1. The van der Waals surface area contributed by atoms with Crippen LogP contribution >= 0.6 is 0 Å². The number of benzene rings is 1. The van der Waals surface area contributed by atoms with Crippen LogP contribution in [-0.4, -0.2) is 51.8 Å². The number of hydrogen-bond donors (Lipinski definition) is 1. The molecule has 1 atom stereocenters. The molecule has 6 nitrogen and oxygen atoms in total. The Bertz CT molecular complexity index is 713. The Morgan fingerprint density at radius 3 is 2.41 bits per heavy atom. The van der Waals surface area contributed by atoms with Gasteiger partial charge in [0.1, 0.15) is 12.9 Å². The van der Waals surface area contributed by atoms with Crippen LogP contribution in [0.2, 0.25) is 0 Å². The van der Waals surface area contributed by atoms with E-state index in [-0.39, 0.29) is 5.92 Å². The number of nitrogens with zero attached hydrogens (tertiary/aromatic N) is 2. The monoisotopic (exact) mass is 475 g/mol. The van der Waals surface area contributed by atoms with Crippen LogP contribution < -0.4 is 10.2 Å². The molecule has 0 spiro atoms. The predicted octanol–water partition coefficient (Wildman–Crippen LogP) is 6.65. The average Bonchev–Trinajstić information content (AvgIpc) is 3.38. The van der Waals surface area contributed by atoms with Gasteiger partial charge in [0, 0.05) is 32.7 Å². The normalized spacial score (nSPS) is 16.3. The number of anilines is 2. The van der Waals surface area contributed by atoms with Gasteiger partial charge in [-0.25, -0.2) is 4.99 Å². The predicted molar refractivity (Wildman–Crippen MR) is 145 cm³/mol. The highest BCUT2D eigenvalue weighted by Gasteiger charge is 2.25. The van der Waals surface area contributed by atoms with E-state index in [0.717, 1.165) is 25.1 Å². The lowest BCUT2D eigenvalue weighted by Crippen LogP contribution is -2.40. The summed E-state index contributed by atoms with van der Waals surface area (Å²) in [5.74, 6) is 0.787. The molecule has 0 saturated heterocycles. The molecule has 3 rings (SSSR count). The molecule has 1 aromatic carbocycles. The first kappa shape index (κ1) is 30.0. The lowest BCUT2D eigenvalue weighted by atomic mass is 9.92. The molecule has 0 amide bonds. The number of carbonyl (C=O) groups is 1. The van der Waals surface area contributed by atoms with Gasteiger partial charge in [-0.15, -0.1) is 0 Å². The largest absolute Gasteiger partial charge is 0.463 e. The van der Waals surface area contributed by atoms with Gasteiger partial charge in [-0.05, 0) is 49.3 Å². The van der Waals surface area contributed by atoms with Crippen LogP contribution in [0.1, 0.15) is 91.5 Å². The van der Waals surface area contributed by atoms with E-state index in [1.807, 2.05) is 20.8 Å².